The van der Waals surface area contributed by atoms with Gasteiger partial charge in [-0.15, -0.1) is 0 Å². The fourth-order valence-electron chi connectivity index (χ4n) is 3.24. The topological polar surface area (TPSA) is 90.9 Å². The van der Waals surface area contributed by atoms with Crippen LogP contribution in [0.1, 0.15) is 38.8 Å². The lowest BCUT2D eigenvalue weighted by Crippen LogP contribution is -2.01. The van der Waals surface area contributed by atoms with Crippen molar-refractivity contribution >= 4 is 11.0 Å². The van der Waals surface area contributed by atoms with Crippen LogP contribution < -0.4 is 5.43 Å². The molecule has 30 heavy (non-hydrogen) atoms. The number of phenolic OH excluding ortho intramolecular Hbond substituents is 3. The van der Waals surface area contributed by atoms with Crippen LogP contribution in [0.3, 0.4) is 0 Å². The summed E-state index contributed by atoms with van der Waals surface area (Å²) >= 11 is 0. The van der Waals surface area contributed by atoms with E-state index >= 15 is 0 Å². The molecule has 156 valence electrons. The van der Waals surface area contributed by atoms with Crippen molar-refractivity contribution < 1.29 is 19.7 Å². The average Bonchev–Trinajstić information content (AvgIpc) is 2.64. The molecule has 0 saturated heterocycles. The van der Waals surface area contributed by atoms with Crippen LogP contribution in [0, 0.1) is 0 Å². The van der Waals surface area contributed by atoms with Crippen LogP contribution in [0.25, 0.3) is 22.3 Å². The summed E-state index contributed by atoms with van der Waals surface area (Å²) in [5.74, 6) is 0.00516. The quantitative estimate of drug-likeness (QED) is 0.480. The highest BCUT2D eigenvalue weighted by Gasteiger charge is 2.15. The first-order chi connectivity index (χ1) is 14.2. The van der Waals surface area contributed by atoms with Gasteiger partial charge in [-0.25, -0.2) is 0 Å². The first-order valence-corrected chi connectivity index (χ1v) is 9.77. The van der Waals surface area contributed by atoms with Crippen LogP contribution >= 0.6 is 0 Å². The Balaban J connectivity index is 2.22. The number of rotatable bonds is 5. The van der Waals surface area contributed by atoms with Gasteiger partial charge in [-0.2, -0.15) is 0 Å². The van der Waals surface area contributed by atoms with Crippen LogP contribution in [0.5, 0.6) is 17.2 Å². The van der Waals surface area contributed by atoms with Crippen LogP contribution in [0.2, 0.25) is 0 Å². The summed E-state index contributed by atoms with van der Waals surface area (Å²) in [6.07, 6.45) is 5.14. The van der Waals surface area contributed by atoms with Gasteiger partial charge in [0.25, 0.3) is 0 Å². The number of allylic oxidation sites excluding steroid dienone is 4. The maximum atomic E-state index is 12.6. The summed E-state index contributed by atoms with van der Waals surface area (Å²) in [6, 6.07) is 7.32. The number of benzene rings is 2. The van der Waals surface area contributed by atoms with Gasteiger partial charge in [-0.1, -0.05) is 23.3 Å². The fraction of sp³-hybridized carbons (Fsp3) is 0.240. The van der Waals surface area contributed by atoms with E-state index in [2.05, 4.69) is 0 Å². The van der Waals surface area contributed by atoms with Gasteiger partial charge in [-0.05, 0) is 63.8 Å². The molecule has 0 aliphatic heterocycles. The first kappa shape index (κ1) is 21.2. The van der Waals surface area contributed by atoms with E-state index in [0.29, 0.717) is 24.2 Å². The highest BCUT2D eigenvalue weighted by molar-refractivity contribution is 5.86. The van der Waals surface area contributed by atoms with Crippen LogP contribution in [-0.4, -0.2) is 15.3 Å². The van der Waals surface area contributed by atoms with Gasteiger partial charge in [0.15, 0.2) is 5.43 Å². The Morgan fingerprint density at radius 2 is 1.43 bits per heavy atom. The van der Waals surface area contributed by atoms with E-state index in [1.54, 1.807) is 12.1 Å². The van der Waals surface area contributed by atoms with E-state index in [1.807, 2.05) is 39.8 Å². The molecule has 5 heteroatoms. The molecule has 0 fully saturated rings. The summed E-state index contributed by atoms with van der Waals surface area (Å²) in [5, 5.41) is 30.5. The molecular formula is C25H26O5. The van der Waals surface area contributed by atoms with Crippen molar-refractivity contribution in [3.63, 3.8) is 0 Å². The summed E-state index contributed by atoms with van der Waals surface area (Å²) in [5.41, 5.74) is 4.06. The van der Waals surface area contributed by atoms with Gasteiger partial charge in [0.05, 0.1) is 0 Å². The van der Waals surface area contributed by atoms with Gasteiger partial charge in [-0.3, -0.25) is 4.79 Å². The molecule has 3 N–H and O–H groups in total. The molecule has 1 heterocycles. The molecule has 0 aliphatic carbocycles. The average molecular weight is 406 g/mol. The normalized spacial score (nSPS) is 10.8. The molecule has 3 aromatic rings. The first-order valence-electron chi connectivity index (χ1n) is 9.77. The lowest BCUT2D eigenvalue weighted by atomic mass is 9.97. The Morgan fingerprint density at radius 1 is 0.867 bits per heavy atom. The number of hydrogen-bond donors (Lipinski definition) is 3. The summed E-state index contributed by atoms with van der Waals surface area (Å²) < 4.78 is 5.86. The maximum Gasteiger partial charge on any atom is 0.197 e. The highest BCUT2D eigenvalue weighted by atomic mass is 16.3. The number of fused-ring (bicyclic) bond motifs is 1. The van der Waals surface area contributed by atoms with E-state index in [1.165, 1.54) is 12.1 Å². The van der Waals surface area contributed by atoms with Gasteiger partial charge < -0.3 is 19.7 Å². The molecule has 0 radical (unpaired) electrons. The smallest absolute Gasteiger partial charge is 0.197 e. The van der Waals surface area contributed by atoms with Crippen LogP contribution in [0.15, 0.2) is 62.8 Å². The summed E-state index contributed by atoms with van der Waals surface area (Å²) in [7, 11) is 0. The van der Waals surface area contributed by atoms with E-state index in [0.717, 1.165) is 28.3 Å². The largest absolute Gasteiger partial charge is 0.508 e. The van der Waals surface area contributed by atoms with E-state index in [-0.39, 0.29) is 28.2 Å². The predicted molar refractivity (Wildman–Crippen MR) is 119 cm³/mol. The third-order valence-corrected chi connectivity index (χ3v) is 4.81. The van der Waals surface area contributed by atoms with Crippen molar-refractivity contribution in [1.29, 1.82) is 0 Å². The van der Waals surface area contributed by atoms with E-state index < -0.39 is 5.43 Å². The Kier molecular flexibility index (Phi) is 6.01. The molecule has 0 saturated carbocycles. The lowest BCUT2D eigenvalue weighted by molar-refractivity contribution is 0.452. The molecule has 3 rings (SSSR count). The highest BCUT2D eigenvalue weighted by Crippen LogP contribution is 2.34. The molecule has 2 aromatic carbocycles. The molecule has 0 bridgehead atoms. The summed E-state index contributed by atoms with van der Waals surface area (Å²) in [4.78, 5) is 12.6. The second-order valence-corrected chi connectivity index (χ2v) is 7.93. The van der Waals surface area contributed by atoms with Crippen molar-refractivity contribution in [2.24, 2.45) is 0 Å². The zero-order valence-corrected chi connectivity index (χ0v) is 17.6. The molecule has 1 aromatic heterocycles. The van der Waals surface area contributed by atoms with Crippen molar-refractivity contribution in [2.45, 2.75) is 40.5 Å². The maximum absolute atomic E-state index is 12.6. The minimum absolute atomic E-state index is 0.0184. The molecule has 0 spiro atoms. The summed E-state index contributed by atoms with van der Waals surface area (Å²) in [6.45, 7) is 7.97. The molecule has 0 aliphatic rings. The number of phenols is 3. The van der Waals surface area contributed by atoms with E-state index in [9.17, 15) is 20.1 Å². The minimum atomic E-state index is -0.409. The Bertz CT molecular complexity index is 1180. The standard InChI is InChI=1S/C25H26O5/c1-14(2)5-7-16-9-18(10-17(25(16)29)8-6-15(3)4)22-13-21(28)24-20(27)11-19(26)12-23(24)30-22/h5-6,9-13,26-27,29H,7-8H2,1-4H3. The second kappa shape index (κ2) is 8.49. The minimum Gasteiger partial charge on any atom is -0.508 e. The van der Waals surface area contributed by atoms with Crippen molar-refractivity contribution in [2.75, 3.05) is 0 Å². The second-order valence-electron chi connectivity index (χ2n) is 7.93. The van der Waals surface area contributed by atoms with Gasteiger partial charge in [0.1, 0.15) is 34.0 Å². The Morgan fingerprint density at radius 3 is 1.97 bits per heavy atom. The van der Waals surface area contributed by atoms with Gasteiger partial charge in [0.2, 0.25) is 0 Å². The third kappa shape index (κ3) is 4.57. The zero-order chi connectivity index (χ0) is 22.0. The lowest BCUT2D eigenvalue weighted by Gasteiger charge is -2.12. The van der Waals surface area contributed by atoms with Gasteiger partial charge >= 0.3 is 0 Å². The molecular weight excluding hydrogens is 380 g/mol. The SMILES string of the molecule is CC(C)=CCc1cc(-c2cc(=O)c3c(O)cc(O)cc3o2)cc(CC=C(C)C)c1O. The van der Waals surface area contributed by atoms with Crippen LogP contribution in [-0.2, 0) is 12.8 Å². The van der Waals surface area contributed by atoms with Crippen molar-refractivity contribution in [3.8, 4) is 28.6 Å². The number of hydrogen-bond acceptors (Lipinski definition) is 5. The Hall–Kier alpha value is -3.47. The molecule has 0 amide bonds. The molecule has 0 atom stereocenters. The van der Waals surface area contributed by atoms with Gasteiger partial charge in [0, 0.05) is 23.8 Å². The predicted octanol–water partition coefficient (Wildman–Crippen LogP) is 5.59. The van der Waals surface area contributed by atoms with Crippen LogP contribution in [0.4, 0.5) is 0 Å². The Labute approximate surface area is 175 Å². The number of aromatic hydroxyl groups is 3. The van der Waals surface area contributed by atoms with E-state index in [4.69, 9.17) is 4.42 Å². The molecule has 0 unspecified atom stereocenters. The van der Waals surface area contributed by atoms with Crippen molar-refractivity contribution in [3.05, 3.63) is 75.0 Å². The van der Waals surface area contributed by atoms with Crippen molar-refractivity contribution in [1.82, 2.24) is 0 Å². The molecule has 5 nitrogen and oxygen atoms in total. The third-order valence-electron chi connectivity index (χ3n) is 4.81. The fourth-order valence-corrected chi connectivity index (χ4v) is 3.24. The monoisotopic (exact) mass is 406 g/mol. The zero-order valence-electron chi connectivity index (χ0n) is 17.6.